The number of nitrogens with zero attached hydrogens (tertiary/aromatic N) is 1. The van der Waals surface area contributed by atoms with Crippen LogP contribution in [0.5, 0.6) is 5.75 Å². The summed E-state index contributed by atoms with van der Waals surface area (Å²) in [6.07, 6.45) is 3.98. The Kier molecular flexibility index (Phi) is 6.48. The monoisotopic (exact) mass is 338 g/mol. The second-order valence-electron chi connectivity index (χ2n) is 6.94. The first-order chi connectivity index (χ1) is 12.3. The van der Waals surface area contributed by atoms with Crippen molar-refractivity contribution < 1.29 is 4.74 Å². The Labute approximate surface area is 152 Å². The van der Waals surface area contributed by atoms with Gasteiger partial charge in [-0.05, 0) is 61.7 Å². The van der Waals surface area contributed by atoms with Crippen molar-refractivity contribution >= 4 is 0 Å². The molecule has 0 aromatic heterocycles. The number of piperidine rings is 1. The van der Waals surface area contributed by atoms with Crippen LogP contribution in [-0.2, 0) is 6.54 Å². The lowest BCUT2D eigenvalue weighted by Gasteiger charge is -2.35. The van der Waals surface area contributed by atoms with E-state index in [0.29, 0.717) is 6.04 Å². The molecule has 0 bridgehead atoms. The van der Waals surface area contributed by atoms with E-state index in [9.17, 15) is 0 Å². The van der Waals surface area contributed by atoms with Crippen LogP contribution >= 0.6 is 0 Å². The van der Waals surface area contributed by atoms with Crippen LogP contribution in [-0.4, -0.2) is 31.6 Å². The van der Waals surface area contributed by atoms with E-state index in [4.69, 9.17) is 4.74 Å². The molecule has 3 nitrogen and oxygen atoms in total. The number of likely N-dealkylation sites (tertiary alicyclic amines) is 1. The Morgan fingerprint density at radius 1 is 1.00 bits per heavy atom. The largest absolute Gasteiger partial charge is 0.497 e. The fourth-order valence-electron chi connectivity index (χ4n) is 3.67. The third kappa shape index (κ3) is 4.83. The third-order valence-corrected chi connectivity index (χ3v) is 5.25. The molecule has 1 fully saturated rings. The number of hydrogen-bond donors (Lipinski definition) is 1. The van der Waals surface area contributed by atoms with Crippen molar-refractivity contribution in [2.45, 2.75) is 38.8 Å². The summed E-state index contributed by atoms with van der Waals surface area (Å²) in [4.78, 5) is 2.64. The molecule has 0 radical (unpaired) electrons. The van der Waals surface area contributed by atoms with E-state index in [1.54, 1.807) is 7.11 Å². The van der Waals surface area contributed by atoms with E-state index in [1.807, 2.05) is 0 Å². The van der Waals surface area contributed by atoms with Crippen molar-refractivity contribution in [2.24, 2.45) is 0 Å². The first kappa shape index (κ1) is 18.0. The second-order valence-corrected chi connectivity index (χ2v) is 6.94. The molecule has 1 heterocycles. The van der Waals surface area contributed by atoms with Crippen LogP contribution in [0.1, 0.15) is 42.0 Å². The maximum atomic E-state index is 5.32. The second kappa shape index (κ2) is 9.02. The zero-order valence-corrected chi connectivity index (χ0v) is 15.5. The molecule has 1 atom stereocenters. The van der Waals surface area contributed by atoms with Crippen LogP contribution in [0.3, 0.4) is 0 Å². The van der Waals surface area contributed by atoms with E-state index in [-0.39, 0.29) is 0 Å². The smallest absolute Gasteiger partial charge is 0.118 e. The molecule has 134 valence electrons. The highest BCUT2D eigenvalue weighted by Gasteiger charge is 2.22. The molecule has 1 N–H and O–H groups in total. The molecule has 2 aromatic carbocycles. The van der Waals surface area contributed by atoms with Gasteiger partial charge in [0, 0.05) is 19.1 Å². The van der Waals surface area contributed by atoms with E-state index >= 15 is 0 Å². The lowest BCUT2D eigenvalue weighted by atomic mass is 10.0. The minimum Gasteiger partial charge on any atom is -0.497 e. The molecule has 0 amide bonds. The summed E-state index contributed by atoms with van der Waals surface area (Å²) in [6.45, 7) is 6.47. The summed E-state index contributed by atoms with van der Waals surface area (Å²) in [6, 6.07) is 17.6. The quantitative estimate of drug-likeness (QED) is 0.814. The van der Waals surface area contributed by atoms with Gasteiger partial charge in [-0.2, -0.15) is 0 Å². The first-order valence-corrected chi connectivity index (χ1v) is 9.41. The van der Waals surface area contributed by atoms with E-state index in [0.717, 1.165) is 18.8 Å². The van der Waals surface area contributed by atoms with Gasteiger partial charge in [-0.15, -0.1) is 0 Å². The standard InChI is InChI=1S/C22H30N2O/c1-18-8-4-5-9-20(18)16-23-17-22(24-14-6-3-7-15-24)19-10-12-21(25-2)13-11-19/h4-5,8-13,22-23H,3,6-7,14-17H2,1-2H3. The predicted octanol–water partition coefficient (Wildman–Crippen LogP) is 4.32. The summed E-state index contributed by atoms with van der Waals surface area (Å²) in [5.41, 5.74) is 4.11. The fourth-order valence-corrected chi connectivity index (χ4v) is 3.67. The highest BCUT2D eigenvalue weighted by atomic mass is 16.5. The fraction of sp³-hybridized carbons (Fsp3) is 0.455. The van der Waals surface area contributed by atoms with Gasteiger partial charge in [0.15, 0.2) is 0 Å². The number of nitrogens with one attached hydrogen (secondary N) is 1. The Hall–Kier alpha value is -1.84. The van der Waals surface area contributed by atoms with Crippen LogP contribution in [0.2, 0.25) is 0 Å². The van der Waals surface area contributed by atoms with Crippen molar-refractivity contribution in [3.05, 3.63) is 65.2 Å². The molecule has 0 spiro atoms. The lowest BCUT2D eigenvalue weighted by Crippen LogP contribution is -2.39. The van der Waals surface area contributed by atoms with Crippen molar-refractivity contribution in [3.63, 3.8) is 0 Å². The zero-order chi connectivity index (χ0) is 17.5. The van der Waals surface area contributed by atoms with Gasteiger partial charge in [-0.3, -0.25) is 4.90 Å². The predicted molar refractivity (Wildman–Crippen MR) is 104 cm³/mol. The molecule has 3 rings (SSSR count). The lowest BCUT2D eigenvalue weighted by molar-refractivity contribution is 0.160. The minimum atomic E-state index is 0.426. The summed E-state index contributed by atoms with van der Waals surface area (Å²) in [7, 11) is 1.72. The normalized spacial score (nSPS) is 16.6. The number of methoxy groups -OCH3 is 1. The Balaban J connectivity index is 1.68. The molecule has 1 saturated heterocycles. The van der Waals surface area contributed by atoms with Gasteiger partial charge in [0.1, 0.15) is 5.75 Å². The van der Waals surface area contributed by atoms with E-state index in [2.05, 4.69) is 65.7 Å². The molecular weight excluding hydrogens is 308 g/mol. The highest BCUT2D eigenvalue weighted by Crippen LogP contribution is 2.26. The van der Waals surface area contributed by atoms with Crippen LogP contribution in [0.4, 0.5) is 0 Å². The number of aryl methyl sites for hydroxylation is 1. The number of rotatable bonds is 7. The molecule has 1 unspecified atom stereocenters. The van der Waals surface area contributed by atoms with Gasteiger partial charge < -0.3 is 10.1 Å². The molecule has 1 aliphatic rings. The topological polar surface area (TPSA) is 24.5 Å². The van der Waals surface area contributed by atoms with Crippen LogP contribution < -0.4 is 10.1 Å². The van der Waals surface area contributed by atoms with Gasteiger partial charge in [0.25, 0.3) is 0 Å². The van der Waals surface area contributed by atoms with Crippen LogP contribution in [0.25, 0.3) is 0 Å². The summed E-state index contributed by atoms with van der Waals surface area (Å²) < 4.78 is 5.32. The van der Waals surface area contributed by atoms with E-state index in [1.165, 1.54) is 49.0 Å². The summed E-state index contributed by atoms with van der Waals surface area (Å²) >= 11 is 0. The SMILES string of the molecule is COc1ccc(C(CNCc2ccccc2C)N2CCCCC2)cc1. The average Bonchev–Trinajstić information content (AvgIpc) is 2.67. The maximum absolute atomic E-state index is 5.32. The van der Waals surface area contributed by atoms with Crippen molar-refractivity contribution in [3.8, 4) is 5.75 Å². The van der Waals surface area contributed by atoms with Gasteiger partial charge in [0.05, 0.1) is 7.11 Å². The number of hydrogen-bond acceptors (Lipinski definition) is 3. The zero-order valence-electron chi connectivity index (χ0n) is 15.5. The minimum absolute atomic E-state index is 0.426. The number of ether oxygens (including phenoxy) is 1. The first-order valence-electron chi connectivity index (χ1n) is 9.41. The number of benzene rings is 2. The van der Waals surface area contributed by atoms with Gasteiger partial charge in [0.2, 0.25) is 0 Å². The third-order valence-electron chi connectivity index (χ3n) is 5.25. The van der Waals surface area contributed by atoms with Crippen LogP contribution in [0.15, 0.2) is 48.5 Å². The summed E-state index contributed by atoms with van der Waals surface area (Å²) in [5, 5.41) is 3.69. The molecule has 25 heavy (non-hydrogen) atoms. The maximum Gasteiger partial charge on any atom is 0.118 e. The molecule has 2 aromatic rings. The van der Waals surface area contributed by atoms with Gasteiger partial charge >= 0.3 is 0 Å². The highest BCUT2D eigenvalue weighted by molar-refractivity contribution is 5.30. The molecular formula is C22H30N2O. The molecule has 1 aliphatic heterocycles. The summed E-state index contributed by atoms with van der Waals surface area (Å²) in [5.74, 6) is 0.925. The van der Waals surface area contributed by atoms with E-state index < -0.39 is 0 Å². The molecule has 0 aliphatic carbocycles. The van der Waals surface area contributed by atoms with Gasteiger partial charge in [-0.1, -0.05) is 42.8 Å². The Bertz CT molecular complexity index is 647. The molecule has 0 saturated carbocycles. The van der Waals surface area contributed by atoms with Gasteiger partial charge in [-0.25, -0.2) is 0 Å². The Morgan fingerprint density at radius 2 is 1.72 bits per heavy atom. The van der Waals surface area contributed by atoms with Crippen LogP contribution in [0, 0.1) is 6.92 Å². The van der Waals surface area contributed by atoms with Crippen molar-refractivity contribution in [2.75, 3.05) is 26.7 Å². The molecule has 3 heteroatoms. The van der Waals surface area contributed by atoms with Crippen molar-refractivity contribution in [1.29, 1.82) is 0 Å². The van der Waals surface area contributed by atoms with Crippen molar-refractivity contribution in [1.82, 2.24) is 10.2 Å². The average molecular weight is 338 g/mol. The Morgan fingerprint density at radius 3 is 2.40 bits per heavy atom.